The molecule has 23 heavy (non-hydrogen) atoms. The quantitative estimate of drug-likeness (QED) is 0.659. The molecule has 2 rings (SSSR count). The lowest BCUT2D eigenvalue weighted by Gasteiger charge is -2.26. The van der Waals surface area contributed by atoms with Crippen LogP contribution in [-0.4, -0.2) is 24.5 Å². The molecule has 0 aliphatic heterocycles. The zero-order valence-corrected chi connectivity index (χ0v) is 15.3. The SMILES string of the molecule is CN=C(NCc1ncc(C(C)(C)C)o1)NCC1CCC(C)CC1. The zero-order chi connectivity index (χ0) is 16.9. The first kappa shape index (κ1) is 17.8. The highest BCUT2D eigenvalue weighted by Crippen LogP contribution is 2.27. The van der Waals surface area contributed by atoms with Crippen LogP contribution in [0.25, 0.3) is 0 Å². The summed E-state index contributed by atoms with van der Waals surface area (Å²) in [5.74, 6) is 4.08. The van der Waals surface area contributed by atoms with Crippen LogP contribution in [0.2, 0.25) is 0 Å². The maximum Gasteiger partial charge on any atom is 0.213 e. The Morgan fingerprint density at radius 2 is 1.96 bits per heavy atom. The maximum absolute atomic E-state index is 5.79. The minimum Gasteiger partial charge on any atom is -0.443 e. The Bertz CT molecular complexity index is 507. The summed E-state index contributed by atoms with van der Waals surface area (Å²) < 4.78 is 5.79. The molecule has 0 aromatic carbocycles. The van der Waals surface area contributed by atoms with Gasteiger partial charge in [0.05, 0.1) is 12.7 Å². The van der Waals surface area contributed by atoms with Crippen molar-refractivity contribution >= 4 is 5.96 Å². The lowest BCUT2D eigenvalue weighted by molar-refractivity contribution is 0.289. The Morgan fingerprint density at radius 1 is 1.26 bits per heavy atom. The lowest BCUT2D eigenvalue weighted by atomic mass is 9.83. The molecule has 1 aliphatic carbocycles. The van der Waals surface area contributed by atoms with E-state index in [0.29, 0.717) is 12.4 Å². The lowest BCUT2D eigenvalue weighted by Crippen LogP contribution is -2.40. The summed E-state index contributed by atoms with van der Waals surface area (Å²) in [6.07, 6.45) is 7.16. The van der Waals surface area contributed by atoms with Crippen molar-refractivity contribution in [2.45, 2.75) is 65.3 Å². The van der Waals surface area contributed by atoms with E-state index in [2.05, 4.69) is 48.3 Å². The third-order valence-electron chi connectivity index (χ3n) is 4.62. The fourth-order valence-electron chi connectivity index (χ4n) is 2.89. The Morgan fingerprint density at radius 3 is 2.52 bits per heavy atom. The van der Waals surface area contributed by atoms with Crippen LogP contribution in [-0.2, 0) is 12.0 Å². The molecule has 0 unspecified atom stereocenters. The van der Waals surface area contributed by atoms with Gasteiger partial charge in [-0.25, -0.2) is 4.98 Å². The zero-order valence-electron chi connectivity index (χ0n) is 15.3. The summed E-state index contributed by atoms with van der Waals surface area (Å²) in [5, 5.41) is 6.71. The molecule has 130 valence electrons. The largest absolute Gasteiger partial charge is 0.443 e. The second-order valence-electron chi connectivity index (χ2n) is 7.80. The van der Waals surface area contributed by atoms with Gasteiger partial charge in [0.15, 0.2) is 5.96 Å². The minimum atomic E-state index is -0.0106. The highest BCUT2D eigenvalue weighted by atomic mass is 16.4. The van der Waals surface area contributed by atoms with Crippen molar-refractivity contribution in [3.8, 4) is 0 Å². The van der Waals surface area contributed by atoms with Gasteiger partial charge in [-0.2, -0.15) is 0 Å². The maximum atomic E-state index is 5.79. The first-order chi connectivity index (χ1) is 10.9. The van der Waals surface area contributed by atoms with Crippen molar-refractivity contribution in [3.63, 3.8) is 0 Å². The molecular weight excluding hydrogens is 288 g/mol. The van der Waals surface area contributed by atoms with Gasteiger partial charge in [-0.3, -0.25) is 4.99 Å². The van der Waals surface area contributed by atoms with Crippen LogP contribution in [0.4, 0.5) is 0 Å². The van der Waals surface area contributed by atoms with Crippen molar-refractivity contribution in [2.24, 2.45) is 16.8 Å². The fraction of sp³-hybridized carbons (Fsp3) is 0.778. The minimum absolute atomic E-state index is 0.0106. The van der Waals surface area contributed by atoms with Gasteiger partial charge in [0.25, 0.3) is 0 Å². The van der Waals surface area contributed by atoms with Crippen LogP contribution in [0, 0.1) is 11.8 Å². The standard InChI is InChI=1S/C18H32N4O/c1-13-6-8-14(9-7-13)10-21-17(19-5)22-12-16-20-11-15(23-16)18(2,3)4/h11,13-14H,6-10,12H2,1-5H3,(H2,19,21,22). The first-order valence-corrected chi connectivity index (χ1v) is 8.78. The van der Waals surface area contributed by atoms with Gasteiger partial charge in [-0.15, -0.1) is 0 Å². The number of nitrogens with zero attached hydrogens (tertiary/aromatic N) is 2. The molecule has 1 aliphatic rings. The number of hydrogen-bond donors (Lipinski definition) is 2. The number of aliphatic imine (C=N–C) groups is 1. The monoisotopic (exact) mass is 320 g/mol. The van der Waals surface area contributed by atoms with Crippen LogP contribution in [0.1, 0.15) is 65.0 Å². The van der Waals surface area contributed by atoms with E-state index in [0.717, 1.165) is 30.1 Å². The number of oxazole rings is 1. The topological polar surface area (TPSA) is 62.5 Å². The van der Waals surface area contributed by atoms with E-state index in [4.69, 9.17) is 4.42 Å². The van der Waals surface area contributed by atoms with Gasteiger partial charge >= 0.3 is 0 Å². The third-order valence-corrected chi connectivity index (χ3v) is 4.62. The van der Waals surface area contributed by atoms with E-state index in [1.165, 1.54) is 25.7 Å². The van der Waals surface area contributed by atoms with Crippen molar-refractivity contribution in [1.82, 2.24) is 15.6 Å². The van der Waals surface area contributed by atoms with Gasteiger partial charge < -0.3 is 15.1 Å². The van der Waals surface area contributed by atoms with Crippen molar-refractivity contribution in [3.05, 3.63) is 17.8 Å². The van der Waals surface area contributed by atoms with Crippen LogP contribution in [0.3, 0.4) is 0 Å². The van der Waals surface area contributed by atoms with E-state index < -0.39 is 0 Å². The van der Waals surface area contributed by atoms with Crippen molar-refractivity contribution < 1.29 is 4.42 Å². The summed E-state index contributed by atoms with van der Waals surface area (Å²) in [7, 11) is 1.80. The number of aromatic nitrogens is 1. The molecule has 1 fully saturated rings. The molecule has 0 amide bonds. The molecule has 0 bridgehead atoms. The predicted molar refractivity (Wildman–Crippen MR) is 94.5 cm³/mol. The highest BCUT2D eigenvalue weighted by Gasteiger charge is 2.20. The summed E-state index contributed by atoms with van der Waals surface area (Å²) >= 11 is 0. The second kappa shape index (κ2) is 7.84. The number of hydrogen-bond acceptors (Lipinski definition) is 3. The summed E-state index contributed by atoms with van der Waals surface area (Å²) in [6, 6.07) is 0. The smallest absolute Gasteiger partial charge is 0.213 e. The van der Waals surface area contributed by atoms with Crippen LogP contribution in [0.15, 0.2) is 15.6 Å². The average molecular weight is 320 g/mol. The van der Waals surface area contributed by atoms with Gasteiger partial charge in [-0.1, -0.05) is 40.5 Å². The Balaban J connectivity index is 1.76. The van der Waals surface area contributed by atoms with Gasteiger partial charge in [-0.05, 0) is 24.7 Å². The van der Waals surface area contributed by atoms with E-state index in [-0.39, 0.29) is 5.41 Å². The highest BCUT2D eigenvalue weighted by molar-refractivity contribution is 5.79. The van der Waals surface area contributed by atoms with Crippen LogP contribution < -0.4 is 10.6 Å². The number of nitrogens with one attached hydrogen (secondary N) is 2. The van der Waals surface area contributed by atoms with Crippen LogP contribution in [0.5, 0.6) is 0 Å². The van der Waals surface area contributed by atoms with E-state index in [1.807, 2.05) is 6.20 Å². The number of rotatable bonds is 4. The molecule has 1 heterocycles. The second-order valence-corrected chi connectivity index (χ2v) is 7.80. The van der Waals surface area contributed by atoms with Crippen molar-refractivity contribution in [1.29, 1.82) is 0 Å². The molecule has 1 aromatic rings. The third kappa shape index (κ3) is 5.56. The number of guanidine groups is 1. The van der Waals surface area contributed by atoms with Crippen molar-refractivity contribution in [2.75, 3.05) is 13.6 Å². The Hall–Kier alpha value is -1.52. The molecule has 0 saturated heterocycles. The molecule has 2 N–H and O–H groups in total. The Labute approximate surface area is 140 Å². The van der Waals surface area contributed by atoms with E-state index in [1.54, 1.807) is 7.05 Å². The van der Waals surface area contributed by atoms with E-state index >= 15 is 0 Å². The van der Waals surface area contributed by atoms with E-state index in [9.17, 15) is 0 Å². The van der Waals surface area contributed by atoms with Gasteiger partial charge in [0.1, 0.15) is 5.76 Å². The molecule has 5 nitrogen and oxygen atoms in total. The van der Waals surface area contributed by atoms with Gasteiger partial charge in [0.2, 0.25) is 5.89 Å². The molecule has 0 radical (unpaired) electrons. The first-order valence-electron chi connectivity index (χ1n) is 8.78. The van der Waals surface area contributed by atoms with Gasteiger partial charge in [0, 0.05) is 19.0 Å². The predicted octanol–water partition coefficient (Wildman–Crippen LogP) is 3.46. The molecule has 1 aromatic heterocycles. The summed E-state index contributed by atoms with van der Waals surface area (Å²) in [5.41, 5.74) is -0.0106. The summed E-state index contributed by atoms with van der Waals surface area (Å²) in [6.45, 7) is 10.3. The molecule has 5 heteroatoms. The van der Waals surface area contributed by atoms with Crippen LogP contribution >= 0.6 is 0 Å². The summed E-state index contributed by atoms with van der Waals surface area (Å²) in [4.78, 5) is 8.62. The molecular formula is C18H32N4O. The normalized spacial score (nSPS) is 22.9. The fourth-order valence-corrected chi connectivity index (χ4v) is 2.89. The Kier molecular flexibility index (Phi) is 6.08. The molecule has 0 atom stereocenters. The molecule has 0 spiro atoms. The molecule has 1 saturated carbocycles. The average Bonchev–Trinajstić information content (AvgIpc) is 2.98.